The van der Waals surface area contributed by atoms with Gasteiger partial charge in [-0.1, -0.05) is 49.6 Å². The molecule has 108 valence electrons. The number of rotatable bonds is 4. The molecule has 0 aliphatic heterocycles. The highest BCUT2D eigenvalue weighted by Gasteiger charge is 2.52. The quantitative estimate of drug-likeness (QED) is 0.833. The number of likely N-dealkylation sites (N-methyl/N-ethyl adjacent to an activating group) is 1. The Labute approximate surface area is 122 Å². The number of hydrogen-bond donors (Lipinski definition) is 0. The highest BCUT2D eigenvalue weighted by Crippen LogP contribution is 2.51. The van der Waals surface area contributed by atoms with Crippen LogP contribution in [0, 0.1) is 5.92 Å². The van der Waals surface area contributed by atoms with E-state index in [0.717, 1.165) is 19.3 Å². The molecule has 1 aromatic rings. The van der Waals surface area contributed by atoms with Gasteiger partial charge in [-0.15, -0.1) is 0 Å². The summed E-state index contributed by atoms with van der Waals surface area (Å²) >= 11 is 0. The van der Waals surface area contributed by atoms with Gasteiger partial charge in [-0.25, -0.2) is 0 Å². The highest BCUT2D eigenvalue weighted by atomic mass is 16.1. The molecule has 2 aliphatic carbocycles. The van der Waals surface area contributed by atoms with Crippen LogP contribution in [0.25, 0.3) is 0 Å². The molecule has 0 radical (unpaired) electrons. The number of carbonyl (C=O) groups excluding carboxylic acids is 1. The Hall–Kier alpha value is -1.15. The van der Waals surface area contributed by atoms with E-state index in [-0.39, 0.29) is 11.5 Å². The van der Waals surface area contributed by atoms with E-state index in [9.17, 15) is 4.79 Å². The van der Waals surface area contributed by atoms with Gasteiger partial charge in [-0.3, -0.25) is 9.69 Å². The molecule has 0 saturated heterocycles. The lowest BCUT2D eigenvalue weighted by Crippen LogP contribution is -2.53. The fourth-order valence-electron chi connectivity index (χ4n) is 3.95. The summed E-state index contributed by atoms with van der Waals surface area (Å²) in [6.07, 6.45) is 6.85. The Morgan fingerprint density at radius 1 is 1.10 bits per heavy atom. The molecule has 0 aromatic heterocycles. The van der Waals surface area contributed by atoms with Crippen molar-refractivity contribution < 1.29 is 4.79 Å². The number of nitrogens with zero attached hydrogens (tertiary/aromatic N) is 1. The zero-order valence-corrected chi connectivity index (χ0v) is 12.6. The molecule has 2 fully saturated rings. The van der Waals surface area contributed by atoms with E-state index in [1.807, 2.05) is 6.07 Å². The minimum absolute atomic E-state index is 0.174. The predicted octanol–water partition coefficient (Wildman–Crippen LogP) is 3.62. The second-order valence-corrected chi connectivity index (χ2v) is 6.71. The van der Waals surface area contributed by atoms with Crippen LogP contribution in [0.4, 0.5) is 0 Å². The molecule has 2 atom stereocenters. The van der Waals surface area contributed by atoms with Crippen molar-refractivity contribution in [1.82, 2.24) is 4.90 Å². The topological polar surface area (TPSA) is 20.3 Å². The van der Waals surface area contributed by atoms with Gasteiger partial charge in [-0.2, -0.15) is 0 Å². The van der Waals surface area contributed by atoms with Crippen LogP contribution in [0.15, 0.2) is 30.3 Å². The summed E-state index contributed by atoms with van der Waals surface area (Å²) in [6.45, 7) is 0. The van der Waals surface area contributed by atoms with Crippen LogP contribution in [0.1, 0.15) is 50.0 Å². The molecule has 0 spiro atoms. The van der Waals surface area contributed by atoms with Crippen LogP contribution < -0.4 is 0 Å². The van der Waals surface area contributed by atoms with Gasteiger partial charge in [-0.05, 0) is 44.8 Å². The summed E-state index contributed by atoms with van der Waals surface area (Å²) in [5.74, 6) is 1.25. The van der Waals surface area contributed by atoms with Crippen molar-refractivity contribution in [1.29, 1.82) is 0 Å². The summed E-state index contributed by atoms with van der Waals surface area (Å²) in [4.78, 5) is 15.3. The Kier molecular flexibility index (Phi) is 3.68. The van der Waals surface area contributed by atoms with Crippen LogP contribution in [-0.4, -0.2) is 30.3 Å². The molecule has 20 heavy (non-hydrogen) atoms. The molecule has 2 aliphatic rings. The molecular formula is C18H25NO. The largest absolute Gasteiger partial charge is 0.297 e. The van der Waals surface area contributed by atoms with E-state index < -0.39 is 0 Å². The Balaban J connectivity index is 1.76. The lowest BCUT2D eigenvalue weighted by atomic mass is 9.75. The van der Waals surface area contributed by atoms with Crippen molar-refractivity contribution in [2.24, 2.45) is 5.92 Å². The molecule has 2 saturated carbocycles. The van der Waals surface area contributed by atoms with Crippen LogP contribution in [-0.2, 0) is 4.79 Å². The van der Waals surface area contributed by atoms with Gasteiger partial charge >= 0.3 is 0 Å². The molecule has 1 aromatic carbocycles. The van der Waals surface area contributed by atoms with Crippen LogP contribution in [0.2, 0.25) is 0 Å². The van der Waals surface area contributed by atoms with Crippen LogP contribution in [0.5, 0.6) is 0 Å². The number of benzene rings is 1. The summed E-state index contributed by atoms with van der Waals surface area (Å²) < 4.78 is 0. The number of hydrogen-bond acceptors (Lipinski definition) is 2. The molecule has 3 rings (SSSR count). The van der Waals surface area contributed by atoms with Gasteiger partial charge in [0.1, 0.15) is 0 Å². The summed E-state index contributed by atoms with van der Waals surface area (Å²) in [5, 5.41) is 0. The average molecular weight is 271 g/mol. The SMILES string of the molecule is CN(C)C1(C(=O)C2CC2c2ccccc2)CCCCC1. The maximum atomic E-state index is 13.1. The first-order valence-corrected chi connectivity index (χ1v) is 7.92. The third-order valence-electron chi connectivity index (χ3n) is 5.35. The second-order valence-electron chi connectivity index (χ2n) is 6.71. The van der Waals surface area contributed by atoms with Gasteiger partial charge < -0.3 is 0 Å². The standard InChI is InChI=1S/C18H25NO/c1-19(2)18(11-7-4-8-12-18)17(20)16-13-15(16)14-9-5-3-6-10-14/h3,5-6,9-10,15-16H,4,7-8,11-13H2,1-2H3. The van der Waals surface area contributed by atoms with Crippen molar-refractivity contribution >= 4 is 5.78 Å². The minimum atomic E-state index is -0.174. The Bertz CT molecular complexity index is 473. The van der Waals surface area contributed by atoms with Crippen LogP contribution in [0.3, 0.4) is 0 Å². The number of Topliss-reactive ketones (excluding diaryl/α,β-unsaturated/α-hetero) is 1. The fraction of sp³-hybridized carbons (Fsp3) is 0.611. The molecule has 0 heterocycles. The molecular weight excluding hydrogens is 246 g/mol. The highest BCUT2D eigenvalue weighted by molar-refractivity contribution is 5.93. The van der Waals surface area contributed by atoms with Gasteiger partial charge in [0.05, 0.1) is 5.54 Å². The summed E-state index contributed by atoms with van der Waals surface area (Å²) in [5.41, 5.74) is 1.17. The van der Waals surface area contributed by atoms with Crippen LogP contribution >= 0.6 is 0 Å². The number of carbonyl (C=O) groups is 1. The van der Waals surface area contributed by atoms with Gasteiger partial charge in [0.15, 0.2) is 5.78 Å². The predicted molar refractivity (Wildman–Crippen MR) is 81.8 cm³/mol. The van der Waals surface area contributed by atoms with Crippen molar-refractivity contribution in [3.8, 4) is 0 Å². The van der Waals surface area contributed by atoms with E-state index in [1.54, 1.807) is 0 Å². The number of ketones is 1. The molecule has 0 amide bonds. The van der Waals surface area contributed by atoms with Gasteiger partial charge in [0, 0.05) is 5.92 Å². The smallest absolute Gasteiger partial charge is 0.156 e. The maximum absolute atomic E-state index is 13.1. The first-order valence-electron chi connectivity index (χ1n) is 7.92. The van der Waals surface area contributed by atoms with Gasteiger partial charge in [0.2, 0.25) is 0 Å². The third kappa shape index (κ3) is 2.31. The van der Waals surface area contributed by atoms with Crippen molar-refractivity contribution in [2.75, 3.05) is 14.1 Å². The average Bonchev–Trinajstić information content (AvgIpc) is 3.28. The summed E-state index contributed by atoms with van der Waals surface area (Å²) in [6, 6.07) is 10.5. The minimum Gasteiger partial charge on any atom is -0.297 e. The van der Waals surface area contributed by atoms with E-state index in [2.05, 4.69) is 43.3 Å². The zero-order chi connectivity index (χ0) is 14.2. The Morgan fingerprint density at radius 2 is 1.75 bits per heavy atom. The fourth-order valence-corrected chi connectivity index (χ4v) is 3.95. The second kappa shape index (κ2) is 5.33. The lowest BCUT2D eigenvalue weighted by Gasteiger charge is -2.41. The normalized spacial score (nSPS) is 28.4. The van der Waals surface area contributed by atoms with Gasteiger partial charge in [0.25, 0.3) is 0 Å². The Morgan fingerprint density at radius 3 is 2.35 bits per heavy atom. The summed E-state index contributed by atoms with van der Waals surface area (Å²) in [7, 11) is 4.17. The molecule has 2 unspecified atom stereocenters. The van der Waals surface area contributed by atoms with Crippen molar-refractivity contribution in [3.63, 3.8) is 0 Å². The van der Waals surface area contributed by atoms with E-state index in [0.29, 0.717) is 11.7 Å². The van der Waals surface area contributed by atoms with E-state index in [1.165, 1.54) is 24.8 Å². The van der Waals surface area contributed by atoms with E-state index in [4.69, 9.17) is 0 Å². The maximum Gasteiger partial charge on any atom is 0.156 e. The molecule has 0 N–H and O–H groups in total. The molecule has 0 bridgehead atoms. The molecule has 2 nitrogen and oxygen atoms in total. The van der Waals surface area contributed by atoms with Crippen molar-refractivity contribution in [2.45, 2.75) is 50.0 Å². The first-order chi connectivity index (χ1) is 9.65. The molecule has 2 heteroatoms. The van der Waals surface area contributed by atoms with E-state index >= 15 is 0 Å². The lowest BCUT2D eigenvalue weighted by molar-refractivity contribution is -0.133. The first kappa shape index (κ1) is 13.8. The zero-order valence-electron chi connectivity index (χ0n) is 12.6. The van der Waals surface area contributed by atoms with Crippen molar-refractivity contribution in [3.05, 3.63) is 35.9 Å². The monoisotopic (exact) mass is 271 g/mol. The third-order valence-corrected chi connectivity index (χ3v) is 5.35.